The van der Waals surface area contributed by atoms with Crippen LogP contribution in [0.3, 0.4) is 0 Å². The summed E-state index contributed by atoms with van der Waals surface area (Å²) in [6.07, 6.45) is 4.77. The topological polar surface area (TPSA) is 63.8 Å². The van der Waals surface area contributed by atoms with E-state index in [-0.39, 0.29) is 12.0 Å². The molecule has 1 heterocycles. The van der Waals surface area contributed by atoms with Crippen molar-refractivity contribution in [1.29, 1.82) is 0 Å². The van der Waals surface area contributed by atoms with E-state index >= 15 is 0 Å². The molecule has 18 heavy (non-hydrogen) atoms. The van der Waals surface area contributed by atoms with E-state index in [4.69, 9.17) is 5.84 Å². The number of rotatable bonds is 4. The number of nitrogens with one attached hydrogen (secondary N) is 1. The quantitative estimate of drug-likeness (QED) is 0.637. The largest absolute Gasteiger partial charge is 0.271 e. The van der Waals surface area contributed by atoms with Crippen LogP contribution in [0.15, 0.2) is 36.8 Å². The molecule has 0 aliphatic carbocycles. The molecule has 1 atom stereocenters. The average molecular weight is 250 g/mol. The third kappa shape index (κ3) is 2.85. The minimum Gasteiger partial charge on any atom is -0.271 e. The van der Waals surface area contributed by atoms with E-state index in [1.807, 2.05) is 0 Å². The lowest BCUT2D eigenvalue weighted by Crippen LogP contribution is -2.30. The van der Waals surface area contributed by atoms with Crippen LogP contribution < -0.4 is 11.3 Å². The Kier molecular flexibility index (Phi) is 3.91. The number of hydrogen-bond donors (Lipinski definition) is 2. The Morgan fingerprint density at radius 1 is 1.28 bits per heavy atom. The fraction of sp³-hybridized carbons (Fsp3) is 0.167. The fourth-order valence-electron chi connectivity index (χ4n) is 1.66. The molecule has 6 heteroatoms. The minimum absolute atomic E-state index is 0.193. The predicted octanol–water partition coefficient (Wildman–Crippen LogP) is 1.50. The maximum atomic E-state index is 13.5. The highest BCUT2D eigenvalue weighted by atomic mass is 19.1. The Labute approximate surface area is 103 Å². The van der Waals surface area contributed by atoms with Crippen molar-refractivity contribution < 1.29 is 8.78 Å². The summed E-state index contributed by atoms with van der Waals surface area (Å²) < 4.78 is 26.6. The van der Waals surface area contributed by atoms with Gasteiger partial charge in [-0.25, -0.2) is 8.78 Å². The molecule has 3 N–H and O–H groups in total. The zero-order chi connectivity index (χ0) is 13.0. The van der Waals surface area contributed by atoms with Gasteiger partial charge in [-0.1, -0.05) is 0 Å². The van der Waals surface area contributed by atoms with Gasteiger partial charge in [0.15, 0.2) is 0 Å². The second kappa shape index (κ2) is 5.61. The summed E-state index contributed by atoms with van der Waals surface area (Å²) in [5.74, 6) is 4.45. The average Bonchev–Trinajstić information content (AvgIpc) is 2.41. The molecular formula is C12H12F2N4. The standard InChI is InChI=1S/C12H12F2N4/c13-9-1-2-10(14)8(5-9)6-11(18-15)12-7-16-3-4-17-12/h1-5,7,11,18H,6,15H2. The zero-order valence-corrected chi connectivity index (χ0v) is 9.48. The minimum atomic E-state index is -0.485. The van der Waals surface area contributed by atoms with Gasteiger partial charge in [-0.15, -0.1) is 0 Å². The lowest BCUT2D eigenvalue weighted by atomic mass is 10.0. The molecule has 4 nitrogen and oxygen atoms in total. The van der Waals surface area contributed by atoms with Crippen molar-refractivity contribution >= 4 is 0 Å². The zero-order valence-electron chi connectivity index (χ0n) is 9.48. The molecule has 1 aromatic carbocycles. The molecule has 0 saturated heterocycles. The van der Waals surface area contributed by atoms with E-state index in [9.17, 15) is 8.78 Å². The van der Waals surface area contributed by atoms with Crippen LogP contribution in [-0.4, -0.2) is 9.97 Å². The molecule has 2 aromatic rings. The van der Waals surface area contributed by atoms with E-state index in [1.165, 1.54) is 18.6 Å². The maximum Gasteiger partial charge on any atom is 0.126 e. The van der Waals surface area contributed by atoms with Crippen LogP contribution >= 0.6 is 0 Å². The molecule has 1 unspecified atom stereocenters. The van der Waals surface area contributed by atoms with Gasteiger partial charge in [-0.3, -0.25) is 21.2 Å². The second-order valence-electron chi connectivity index (χ2n) is 3.79. The summed E-state index contributed by atoms with van der Waals surface area (Å²) in [5.41, 5.74) is 3.33. The van der Waals surface area contributed by atoms with E-state index in [0.29, 0.717) is 5.69 Å². The SMILES string of the molecule is NNC(Cc1cc(F)ccc1F)c1cnccn1. The third-order valence-corrected chi connectivity index (χ3v) is 2.57. The van der Waals surface area contributed by atoms with Gasteiger partial charge in [-0.2, -0.15) is 0 Å². The van der Waals surface area contributed by atoms with Gasteiger partial charge in [0.25, 0.3) is 0 Å². The molecular weight excluding hydrogens is 238 g/mol. The van der Waals surface area contributed by atoms with Crippen LogP contribution in [0, 0.1) is 11.6 Å². The molecule has 0 aliphatic heterocycles. The van der Waals surface area contributed by atoms with Gasteiger partial charge in [0, 0.05) is 12.4 Å². The first-order valence-electron chi connectivity index (χ1n) is 5.36. The normalized spacial score (nSPS) is 12.4. The van der Waals surface area contributed by atoms with Crippen molar-refractivity contribution in [2.45, 2.75) is 12.5 Å². The van der Waals surface area contributed by atoms with E-state index < -0.39 is 17.7 Å². The number of nitrogens with zero attached hydrogens (tertiary/aromatic N) is 2. The van der Waals surface area contributed by atoms with Crippen LogP contribution in [0.2, 0.25) is 0 Å². The number of halogens is 2. The number of aromatic nitrogens is 2. The summed E-state index contributed by atoms with van der Waals surface area (Å²) in [5, 5.41) is 0. The first-order valence-corrected chi connectivity index (χ1v) is 5.36. The molecule has 0 saturated carbocycles. The summed E-state index contributed by atoms with van der Waals surface area (Å²) in [7, 11) is 0. The molecule has 0 fully saturated rings. The Bertz CT molecular complexity index is 519. The smallest absolute Gasteiger partial charge is 0.126 e. The fourth-order valence-corrected chi connectivity index (χ4v) is 1.66. The van der Waals surface area contributed by atoms with Crippen molar-refractivity contribution in [3.8, 4) is 0 Å². The summed E-state index contributed by atoms with van der Waals surface area (Å²) >= 11 is 0. The first kappa shape index (κ1) is 12.5. The monoisotopic (exact) mass is 250 g/mol. The van der Waals surface area contributed by atoms with Crippen LogP contribution in [-0.2, 0) is 6.42 Å². The van der Waals surface area contributed by atoms with Gasteiger partial charge >= 0.3 is 0 Å². The van der Waals surface area contributed by atoms with Crippen LogP contribution in [0.5, 0.6) is 0 Å². The highest BCUT2D eigenvalue weighted by molar-refractivity contribution is 5.21. The molecule has 0 radical (unpaired) electrons. The van der Waals surface area contributed by atoms with Crippen molar-refractivity contribution in [2.24, 2.45) is 5.84 Å². The van der Waals surface area contributed by atoms with Crippen molar-refractivity contribution in [3.63, 3.8) is 0 Å². The molecule has 0 amide bonds. The van der Waals surface area contributed by atoms with E-state index in [2.05, 4.69) is 15.4 Å². The Morgan fingerprint density at radius 3 is 2.78 bits per heavy atom. The lowest BCUT2D eigenvalue weighted by Gasteiger charge is -2.15. The van der Waals surface area contributed by atoms with Gasteiger partial charge < -0.3 is 0 Å². The van der Waals surface area contributed by atoms with Crippen LogP contribution in [0.4, 0.5) is 8.78 Å². The second-order valence-corrected chi connectivity index (χ2v) is 3.79. The summed E-state index contributed by atoms with van der Waals surface area (Å²) in [6, 6.07) is 2.90. The molecule has 0 spiro atoms. The number of hydrazine groups is 1. The van der Waals surface area contributed by atoms with Gasteiger partial charge in [-0.05, 0) is 30.2 Å². The van der Waals surface area contributed by atoms with E-state index in [0.717, 1.165) is 18.2 Å². The summed E-state index contributed by atoms with van der Waals surface area (Å²) in [4.78, 5) is 7.99. The Hall–Kier alpha value is -1.92. The van der Waals surface area contributed by atoms with Crippen molar-refractivity contribution in [3.05, 3.63) is 59.7 Å². The molecule has 0 bridgehead atoms. The molecule has 0 aliphatic rings. The lowest BCUT2D eigenvalue weighted by molar-refractivity contribution is 0.512. The van der Waals surface area contributed by atoms with Gasteiger partial charge in [0.1, 0.15) is 11.6 Å². The number of hydrogen-bond acceptors (Lipinski definition) is 4. The Morgan fingerprint density at radius 2 is 2.11 bits per heavy atom. The Balaban J connectivity index is 2.23. The summed E-state index contributed by atoms with van der Waals surface area (Å²) in [6.45, 7) is 0. The van der Waals surface area contributed by atoms with Crippen molar-refractivity contribution in [1.82, 2.24) is 15.4 Å². The molecule has 1 aromatic heterocycles. The third-order valence-electron chi connectivity index (χ3n) is 2.57. The van der Waals surface area contributed by atoms with Crippen LogP contribution in [0.25, 0.3) is 0 Å². The number of benzene rings is 1. The van der Waals surface area contributed by atoms with E-state index in [1.54, 1.807) is 0 Å². The highest BCUT2D eigenvalue weighted by Crippen LogP contribution is 2.18. The maximum absolute atomic E-state index is 13.5. The van der Waals surface area contributed by atoms with Gasteiger partial charge in [0.2, 0.25) is 0 Å². The van der Waals surface area contributed by atoms with Gasteiger partial charge in [0.05, 0.1) is 17.9 Å². The highest BCUT2D eigenvalue weighted by Gasteiger charge is 2.15. The van der Waals surface area contributed by atoms with Crippen LogP contribution in [0.1, 0.15) is 17.3 Å². The number of nitrogens with two attached hydrogens (primary N) is 1. The predicted molar refractivity (Wildman–Crippen MR) is 62.2 cm³/mol. The molecule has 2 rings (SSSR count). The molecule has 94 valence electrons. The van der Waals surface area contributed by atoms with Crippen molar-refractivity contribution in [2.75, 3.05) is 0 Å². The first-order chi connectivity index (χ1) is 8.70.